The molecule has 0 bridgehead atoms. The molecular formula is C15H20N4O3S. The summed E-state index contributed by atoms with van der Waals surface area (Å²) in [5.74, 6) is 1.29. The first-order chi connectivity index (χ1) is 11.1. The van der Waals surface area contributed by atoms with Crippen LogP contribution in [-0.2, 0) is 4.74 Å². The Balaban J connectivity index is 1.81. The number of carbonyl (C=O) groups excluding carboxylic acids is 1. The molecule has 0 spiro atoms. The van der Waals surface area contributed by atoms with Crippen molar-refractivity contribution < 1.29 is 14.1 Å². The smallest absolute Gasteiger partial charge is 0.271 e. The number of hydrogen-bond acceptors (Lipinski definition) is 7. The van der Waals surface area contributed by atoms with Crippen LogP contribution < -0.4 is 5.32 Å². The molecule has 1 atom stereocenters. The zero-order valence-electron chi connectivity index (χ0n) is 13.2. The number of thiazole rings is 1. The normalized spacial score (nSPS) is 17.3. The van der Waals surface area contributed by atoms with Crippen LogP contribution in [0.1, 0.15) is 60.9 Å². The second-order valence-electron chi connectivity index (χ2n) is 5.92. The molecule has 0 saturated carbocycles. The first-order valence-electron chi connectivity index (χ1n) is 7.75. The van der Waals surface area contributed by atoms with Crippen LogP contribution in [0.15, 0.2) is 15.4 Å². The second kappa shape index (κ2) is 7.18. The maximum Gasteiger partial charge on any atom is 0.271 e. The van der Waals surface area contributed by atoms with Crippen LogP contribution in [0.3, 0.4) is 0 Å². The van der Waals surface area contributed by atoms with Gasteiger partial charge in [0.25, 0.3) is 5.91 Å². The van der Waals surface area contributed by atoms with Crippen molar-refractivity contribution in [1.29, 1.82) is 0 Å². The number of ether oxygens (including phenoxy) is 1. The molecule has 3 heterocycles. The third-order valence-electron chi connectivity index (χ3n) is 3.93. The van der Waals surface area contributed by atoms with Gasteiger partial charge in [-0.3, -0.25) is 4.79 Å². The van der Waals surface area contributed by atoms with Crippen molar-refractivity contribution in [3.05, 3.63) is 28.3 Å². The van der Waals surface area contributed by atoms with E-state index >= 15 is 0 Å². The number of hydrogen-bond donors (Lipinski definition) is 1. The lowest BCUT2D eigenvalue weighted by molar-refractivity contribution is 0.0467. The van der Waals surface area contributed by atoms with E-state index in [1.54, 1.807) is 10.9 Å². The van der Waals surface area contributed by atoms with Crippen molar-refractivity contribution in [3.8, 4) is 0 Å². The molecule has 8 heteroatoms. The van der Waals surface area contributed by atoms with Gasteiger partial charge in [0.2, 0.25) is 5.89 Å². The third-order valence-corrected chi connectivity index (χ3v) is 4.52. The Hall–Kier alpha value is -1.80. The molecular weight excluding hydrogens is 316 g/mol. The highest BCUT2D eigenvalue weighted by Gasteiger charge is 2.32. The van der Waals surface area contributed by atoms with E-state index in [9.17, 15) is 4.79 Å². The summed E-state index contributed by atoms with van der Waals surface area (Å²) in [6, 6.07) is -0.312. The summed E-state index contributed by atoms with van der Waals surface area (Å²) in [4.78, 5) is 20.9. The molecule has 1 aliphatic heterocycles. The van der Waals surface area contributed by atoms with Crippen LogP contribution in [0.4, 0.5) is 0 Å². The largest absolute Gasteiger partial charge is 0.381 e. The van der Waals surface area contributed by atoms with Crippen molar-refractivity contribution in [2.24, 2.45) is 5.92 Å². The van der Waals surface area contributed by atoms with Gasteiger partial charge in [0, 0.05) is 24.5 Å². The highest BCUT2D eigenvalue weighted by atomic mass is 32.1. The number of nitrogens with one attached hydrogen (secondary N) is 1. The van der Waals surface area contributed by atoms with Crippen LogP contribution in [0.25, 0.3) is 0 Å². The molecule has 23 heavy (non-hydrogen) atoms. The molecule has 2 aromatic heterocycles. The van der Waals surface area contributed by atoms with Gasteiger partial charge in [-0.1, -0.05) is 19.0 Å². The minimum Gasteiger partial charge on any atom is -0.381 e. The summed E-state index contributed by atoms with van der Waals surface area (Å²) >= 11 is 1.39. The van der Waals surface area contributed by atoms with E-state index in [0.29, 0.717) is 30.6 Å². The number of rotatable bonds is 5. The molecule has 1 aliphatic rings. The number of aromatic nitrogens is 3. The van der Waals surface area contributed by atoms with Crippen LogP contribution >= 0.6 is 11.3 Å². The molecule has 1 fully saturated rings. The molecule has 0 unspecified atom stereocenters. The van der Waals surface area contributed by atoms with Crippen molar-refractivity contribution in [3.63, 3.8) is 0 Å². The molecule has 0 radical (unpaired) electrons. The van der Waals surface area contributed by atoms with E-state index in [1.165, 1.54) is 11.3 Å². The lowest BCUT2D eigenvalue weighted by Gasteiger charge is -2.28. The molecule has 0 aromatic carbocycles. The van der Waals surface area contributed by atoms with Gasteiger partial charge in [0.1, 0.15) is 11.7 Å². The monoisotopic (exact) mass is 336 g/mol. The molecule has 1 N–H and O–H groups in total. The average molecular weight is 336 g/mol. The van der Waals surface area contributed by atoms with E-state index in [-0.39, 0.29) is 23.8 Å². The van der Waals surface area contributed by atoms with Crippen molar-refractivity contribution >= 4 is 17.2 Å². The Labute approximate surface area is 138 Å². The molecule has 1 amide bonds. The quantitative estimate of drug-likeness (QED) is 0.902. The molecule has 124 valence electrons. The minimum absolute atomic E-state index is 0.178. The predicted molar refractivity (Wildman–Crippen MR) is 84.3 cm³/mol. The zero-order valence-corrected chi connectivity index (χ0v) is 14.0. The Morgan fingerprint density at radius 1 is 1.39 bits per heavy atom. The zero-order chi connectivity index (χ0) is 16.2. The van der Waals surface area contributed by atoms with E-state index < -0.39 is 0 Å². The standard InChI is InChI=1S/C15H20N4O3S/c1-9(2)13-18-15(22-19-13)12(10-3-5-21-6-4-10)17-14(20)11-7-23-8-16-11/h7-10,12H,3-6H2,1-2H3,(H,17,20)/t12-/m0/s1. The Kier molecular flexibility index (Phi) is 5.02. The van der Waals surface area contributed by atoms with Crippen molar-refractivity contribution in [2.75, 3.05) is 13.2 Å². The first kappa shape index (κ1) is 16.1. The van der Waals surface area contributed by atoms with Gasteiger partial charge in [0.05, 0.1) is 5.51 Å². The van der Waals surface area contributed by atoms with Gasteiger partial charge in [-0.05, 0) is 18.8 Å². The summed E-state index contributed by atoms with van der Waals surface area (Å²) in [5, 5.41) is 8.76. The highest BCUT2D eigenvalue weighted by molar-refractivity contribution is 7.07. The summed E-state index contributed by atoms with van der Waals surface area (Å²) in [6.07, 6.45) is 1.70. The third kappa shape index (κ3) is 3.76. The fourth-order valence-corrected chi connectivity index (χ4v) is 3.11. The summed E-state index contributed by atoms with van der Waals surface area (Å²) in [7, 11) is 0. The SMILES string of the molecule is CC(C)c1noc([C@@H](NC(=O)c2cscn2)C2CCOCC2)n1. The Morgan fingerprint density at radius 2 is 2.17 bits per heavy atom. The fourth-order valence-electron chi connectivity index (χ4n) is 2.58. The maximum absolute atomic E-state index is 12.4. The van der Waals surface area contributed by atoms with Gasteiger partial charge < -0.3 is 14.6 Å². The highest BCUT2D eigenvalue weighted by Crippen LogP contribution is 2.30. The molecule has 2 aromatic rings. The van der Waals surface area contributed by atoms with E-state index in [2.05, 4.69) is 20.4 Å². The van der Waals surface area contributed by atoms with Gasteiger partial charge in [-0.25, -0.2) is 4.98 Å². The number of amides is 1. The second-order valence-corrected chi connectivity index (χ2v) is 6.64. The fraction of sp³-hybridized carbons (Fsp3) is 0.600. The molecule has 0 aliphatic carbocycles. The van der Waals surface area contributed by atoms with Gasteiger partial charge >= 0.3 is 0 Å². The topological polar surface area (TPSA) is 90.1 Å². The molecule has 7 nitrogen and oxygen atoms in total. The maximum atomic E-state index is 12.4. The number of carbonyl (C=O) groups is 1. The van der Waals surface area contributed by atoms with Crippen LogP contribution in [-0.4, -0.2) is 34.2 Å². The molecule has 1 saturated heterocycles. The Morgan fingerprint density at radius 3 is 2.78 bits per heavy atom. The van der Waals surface area contributed by atoms with Crippen LogP contribution in [0.5, 0.6) is 0 Å². The first-order valence-corrected chi connectivity index (χ1v) is 8.69. The summed E-state index contributed by atoms with van der Waals surface area (Å²) in [6.45, 7) is 5.37. The predicted octanol–water partition coefficient (Wildman–Crippen LogP) is 2.55. The Bertz CT molecular complexity index is 635. The van der Waals surface area contributed by atoms with E-state index in [1.807, 2.05) is 13.8 Å². The van der Waals surface area contributed by atoms with Crippen molar-refractivity contribution in [1.82, 2.24) is 20.4 Å². The van der Waals surface area contributed by atoms with E-state index in [4.69, 9.17) is 9.26 Å². The van der Waals surface area contributed by atoms with Gasteiger partial charge in [-0.2, -0.15) is 4.98 Å². The van der Waals surface area contributed by atoms with Crippen LogP contribution in [0.2, 0.25) is 0 Å². The molecule has 3 rings (SSSR count). The minimum atomic E-state index is -0.312. The van der Waals surface area contributed by atoms with E-state index in [0.717, 1.165) is 12.8 Å². The lowest BCUT2D eigenvalue weighted by Crippen LogP contribution is -2.36. The number of nitrogens with zero attached hydrogens (tertiary/aromatic N) is 3. The van der Waals surface area contributed by atoms with Gasteiger partial charge in [0.15, 0.2) is 5.82 Å². The average Bonchev–Trinajstić information content (AvgIpc) is 3.24. The van der Waals surface area contributed by atoms with Gasteiger partial charge in [-0.15, -0.1) is 11.3 Å². The van der Waals surface area contributed by atoms with Crippen molar-refractivity contribution in [2.45, 2.75) is 38.6 Å². The van der Waals surface area contributed by atoms with Crippen LogP contribution in [0, 0.1) is 5.92 Å². The summed E-state index contributed by atoms with van der Waals surface area (Å²) in [5.41, 5.74) is 2.05. The summed E-state index contributed by atoms with van der Waals surface area (Å²) < 4.78 is 10.8. The lowest BCUT2D eigenvalue weighted by atomic mass is 9.91.